The molecule has 1 aliphatic heterocycles. The van der Waals surface area contributed by atoms with Crippen molar-refractivity contribution in [1.82, 2.24) is 19.9 Å². The second-order valence-electron chi connectivity index (χ2n) is 9.36. The summed E-state index contributed by atoms with van der Waals surface area (Å²) in [6, 6.07) is 7.52. The summed E-state index contributed by atoms with van der Waals surface area (Å²) >= 11 is 6.07. The van der Waals surface area contributed by atoms with Crippen LogP contribution in [0.5, 0.6) is 11.6 Å². The maximum atomic E-state index is 14.0. The lowest BCUT2D eigenvalue weighted by Crippen LogP contribution is -2.59. The van der Waals surface area contributed by atoms with Crippen LogP contribution in [-0.4, -0.2) is 51.6 Å². The van der Waals surface area contributed by atoms with Crippen LogP contribution in [0.25, 0.3) is 11.4 Å². The number of carbonyl (C=O) groups is 1. The molecule has 3 aromatic rings. The average Bonchev–Trinajstić information content (AvgIpc) is 3.52. The van der Waals surface area contributed by atoms with E-state index in [9.17, 15) is 18.0 Å². The van der Waals surface area contributed by atoms with Crippen LogP contribution in [0.15, 0.2) is 48.9 Å². The van der Waals surface area contributed by atoms with Gasteiger partial charge in [0.2, 0.25) is 5.88 Å². The van der Waals surface area contributed by atoms with E-state index in [1.165, 1.54) is 7.11 Å². The zero-order valence-corrected chi connectivity index (χ0v) is 19.8. The number of amides is 1. The highest BCUT2D eigenvalue weighted by Crippen LogP contribution is 2.71. The Morgan fingerprint density at radius 3 is 2.64 bits per heavy atom. The molecule has 1 aromatic carbocycles. The summed E-state index contributed by atoms with van der Waals surface area (Å²) in [4.78, 5) is 28.2. The molecular weight excluding hydrogens is 497 g/mol. The summed E-state index contributed by atoms with van der Waals surface area (Å²) in [6.07, 6.45) is 0.588. The maximum absolute atomic E-state index is 14.0. The summed E-state index contributed by atoms with van der Waals surface area (Å²) in [6.45, 7) is 0.560. The van der Waals surface area contributed by atoms with Gasteiger partial charge in [0.1, 0.15) is 16.9 Å². The first-order valence-electron chi connectivity index (χ1n) is 11.4. The largest absolute Gasteiger partial charge is 0.496 e. The van der Waals surface area contributed by atoms with Gasteiger partial charge in [-0.25, -0.2) is 15.0 Å². The number of likely N-dealkylation sites (tertiary alicyclic amines) is 1. The standard InChI is InChI=1S/C25H20ClF3N4O3/c1-35-17-5-2-4-15(21-30-6-3-7-31-21)19(17)23(34)33-12-14-9-24(14)10-18(20(24)33)36-22-16(26)8-13(11-32-22)25(27,28)29/h2-8,11,14,18,20H,9-10,12H2,1H3. The van der Waals surface area contributed by atoms with Gasteiger partial charge in [-0.1, -0.05) is 23.7 Å². The second kappa shape index (κ2) is 8.06. The number of hydrogen-bond acceptors (Lipinski definition) is 6. The normalized spacial score (nSPS) is 26.0. The Morgan fingerprint density at radius 2 is 1.94 bits per heavy atom. The van der Waals surface area contributed by atoms with Crippen molar-refractivity contribution in [3.63, 3.8) is 0 Å². The average molecular weight is 517 g/mol. The Kier molecular flexibility index (Phi) is 5.15. The quantitative estimate of drug-likeness (QED) is 0.480. The van der Waals surface area contributed by atoms with E-state index < -0.39 is 17.8 Å². The van der Waals surface area contributed by atoms with Gasteiger partial charge in [0.25, 0.3) is 5.91 Å². The molecule has 2 saturated carbocycles. The summed E-state index contributed by atoms with van der Waals surface area (Å²) in [5, 5.41) is -0.220. The summed E-state index contributed by atoms with van der Waals surface area (Å²) in [5.74, 6) is 0.862. The van der Waals surface area contributed by atoms with Crippen LogP contribution < -0.4 is 9.47 Å². The van der Waals surface area contributed by atoms with Gasteiger partial charge in [0.05, 0.1) is 24.3 Å². The van der Waals surface area contributed by atoms with Gasteiger partial charge < -0.3 is 14.4 Å². The number of rotatable bonds is 5. The van der Waals surface area contributed by atoms with Crippen LogP contribution in [-0.2, 0) is 6.18 Å². The van der Waals surface area contributed by atoms with Crippen molar-refractivity contribution in [2.24, 2.45) is 11.3 Å². The molecule has 0 radical (unpaired) electrons. The zero-order valence-electron chi connectivity index (χ0n) is 19.0. The van der Waals surface area contributed by atoms with E-state index in [0.717, 1.165) is 12.5 Å². The number of alkyl halides is 3. The topological polar surface area (TPSA) is 77.4 Å². The van der Waals surface area contributed by atoms with E-state index in [4.69, 9.17) is 21.1 Å². The Bertz CT molecular complexity index is 1360. The lowest BCUT2D eigenvalue weighted by Gasteiger charge is -2.47. The van der Waals surface area contributed by atoms with E-state index >= 15 is 0 Å². The minimum Gasteiger partial charge on any atom is -0.496 e. The number of hydrogen-bond donors (Lipinski definition) is 0. The van der Waals surface area contributed by atoms with Crippen LogP contribution in [0.3, 0.4) is 0 Å². The minimum absolute atomic E-state index is 0.0376. The number of carbonyl (C=O) groups excluding carboxylic acids is 1. The predicted octanol–water partition coefficient (Wildman–Crippen LogP) is 4.90. The highest BCUT2D eigenvalue weighted by atomic mass is 35.5. The third-order valence-electron chi connectivity index (χ3n) is 7.48. The maximum Gasteiger partial charge on any atom is 0.417 e. The summed E-state index contributed by atoms with van der Waals surface area (Å²) < 4.78 is 50.5. The Balaban J connectivity index is 1.30. The lowest BCUT2D eigenvalue weighted by atomic mass is 9.73. The van der Waals surface area contributed by atoms with Crippen LogP contribution in [0.4, 0.5) is 13.2 Å². The van der Waals surface area contributed by atoms with Crippen molar-refractivity contribution in [2.45, 2.75) is 31.2 Å². The highest BCUT2D eigenvalue weighted by Gasteiger charge is 2.76. The van der Waals surface area contributed by atoms with Gasteiger partial charge in [0.15, 0.2) is 5.82 Å². The fraction of sp³-hybridized carbons (Fsp3) is 0.360. The molecule has 186 valence electrons. The molecule has 2 aliphatic carbocycles. The van der Waals surface area contributed by atoms with Gasteiger partial charge in [-0.15, -0.1) is 0 Å². The number of aromatic nitrogens is 3. The predicted molar refractivity (Wildman–Crippen MR) is 123 cm³/mol. The fourth-order valence-corrected chi connectivity index (χ4v) is 5.96. The number of nitrogens with zero attached hydrogens (tertiary/aromatic N) is 4. The second-order valence-corrected chi connectivity index (χ2v) is 9.77. The molecule has 3 heterocycles. The van der Waals surface area contributed by atoms with Crippen molar-refractivity contribution in [2.75, 3.05) is 13.7 Å². The monoisotopic (exact) mass is 516 g/mol. The smallest absolute Gasteiger partial charge is 0.417 e. The molecule has 1 amide bonds. The van der Waals surface area contributed by atoms with Crippen molar-refractivity contribution >= 4 is 17.5 Å². The molecule has 3 aliphatic rings. The highest BCUT2D eigenvalue weighted by molar-refractivity contribution is 6.31. The summed E-state index contributed by atoms with van der Waals surface area (Å²) in [5.41, 5.74) is -0.0704. The first-order valence-corrected chi connectivity index (χ1v) is 11.8. The van der Waals surface area contributed by atoms with Crippen molar-refractivity contribution in [1.29, 1.82) is 0 Å². The van der Waals surface area contributed by atoms with Crippen LogP contribution >= 0.6 is 11.6 Å². The summed E-state index contributed by atoms with van der Waals surface area (Å²) in [7, 11) is 1.50. The van der Waals surface area contributed by atoms with Crippen molar-refractivity contribution in [3.05, 3.63) is 65.1 Å². The molecule has 1 spiro atoms. The van der Waals surface area contributed by atoms with Gasteiger partial charge in [0, 0.05) is 36.1 Å². The molecule has 4 unspecified atom stereocenters. The number of ether oxygens (including phenoxy) is 2. The Labute approximate surface area is 209 Å². The van der Waals surface area contributed by atoms with Crippen LogP contribution in [0, 0.1) is 11.3 Å². The Morgan fingerprint density at radius 1 is 1.17 bits per heavy atom. The molecule has 2 aromatic heterocycles. The number of pyridine rings is 1. The van der Waals surface area contributed by atoms with E-state index in [1.807, 2.05) is 0 Å². The number of benzene rings is 1. The molecule has 4 atom stereocenters. The molecule has 0 bridgehead atoms. The van der Waals surface area contributed by atoms with E-state index in [-0.39, 0.29) is 28.3 Å². The molecule has 1 saturated heterocycles. The van der Waals surface area contributed by atoms with E-state index in [1.54, 1.807) is 41.6 Å². The molecule has 0 N–H and O–H groups in total. The number of piperidine rings is 1. The third-order valence-corrected chi connectivity index (χ3v) is 7.75. The lowest BCUT2D eigenvalue weighted by molar-refractivity contribution is -0.137. The van der Waals surface area contributed by atoms with Gasteiger partial charge in [-0.05, 0) is 37.0 Å². The van der Waals surface area contributed by atoms with Crippen molar-refractivity contribution < 1.29 is 27.4 Å². The van der Waals surface area contributed by atoms with Crippen LogP contribution in [0.2, 0.25) is 5.02 Å². The van der Waals surface area contributed by atoms with E-state index in [2.05, 4.69) is 15.0 Å². The van der Waals surface area contributed by atoms with Gasteiger partial charge in [-0.2, -0.15) is 13.2 Å². The Hall–Kier alpha value is -3.40. The minimum atomic E-state index is -4.56. The third kappa shape index (κ3) is 3.49. The molecule has 36 heavy (non-hydrogen) atoms. The fourth-order valence-electron chi connectivity index (χ4n) is 5.75. The zero-order chi connectivity index (χ0) is 25.2. The molecule has 6 rings (SSSR count). The number of halogens is 4. The van der Waals surface area contributed by atoms with E-state index in [0.29, 0.717) is 47.8 Å². The van der Waals surface area contributed by atoms with Gasteiger partial charge in [-0.3, -0.25) is 4.79 Å². The molecule has 3 fully saturated rings. The SMILES string of the molecule is COc1cccc(-c2ncccn2)c1C(=O)N1CC2CC23CC(Oc2ncc(C(F)(F)F)cc2Cl)C13. The van der Waals surface area contributed by atoms with Crippen molar-refractivity contribution in [3.8, 4) is 23.0 Å². The van der Waals surface area contributed by atoms with Gasteiger partial charge >= 0.3 is 6.18 Å². The molecule has 7 nitrogen and oxygen atoms in total. The number of methoxy groups -OCH3 is 1. The first kappa shape index (κ1) is 23.0. The molecular formula is C25H20ClF3N4O3. The van der Waals surface area contributed by atoms with Crippen LogP contribution in [0.1, 0.15) is 28.8 Å². The molecule has 11 heteroatoms. The first-order chi connectivity index (χ1) is 17.2.